The molecule has 0 saturated carbocycles. The fraction of sp³-hybridized carbons (Fsp3) is 0. The van der Waals surface area contributed by atoms with E-state index in [1.165, 1.54) is 22.3 Å². The average molecular weight is 795 g/mol. The molecule has 1 aromatic heterocycles. The first-order chi connectivity index (χ1) is 30.7. The van der Waals surface area contributed by atoms with E-state index in [2.05, 4.69) is 228 Å². The van der Waals surface area contributed by atoms with Gasteiger partial charge in [-0.15, -0.1) is 0 Å². The Hall–Kier alpha value is -8.34. The lowest BCUT2D eigenvalue weighted by Crippen LogP contribution is -2.12. The third kappa shape index (κ3) is 6.08. The van der Waals surface area contributed by atoms with Crippen molar-refractivity contribution in [1.82, 2.24) is 0 Å². The number of para-hydroxylation sites is 2. The summed E-state index contributed by atoms with van der Waals surface area (Å²) in [5.74, 6) is 1.65. The fourth-order valence-corrected chi connectivity index (χ4v) is 9.11. The fourth-order valence-electron chi connectivity index (χ4n) is 9.11. The first-order valence-electron chi connectivity index (χ1n) is 21.0. The van der Waals surface area contributed by atoms with Gasteiger partial charge in [0.15, 0.2) is 0 Å². The summed E-state index contributed by atoms with van der Waals surface area (Å²) < 4.78 is 13.2. The highest BCUT2D eigenvalue weighted by Crippen LogP contribution is 2.52. The van der Waals surface area contributed by atoms with E-state index in [1.54, 1.807) is 0 Å². The van der Waals surface area contributed by atoms with Crippen LogP contribution in [0.15, 0.2) is 235 Å². The number of hydrogen-bond acceptors (Lipinski definition) is 4. The molecule has 0 amide bonds. The average Bonchev–Trinajstić information content (AvgIpc) is 3.72. The second kappa shape index (κ2) is 14.7. The molecule has 0 aliphatic carbocycles. The van der Waals surface area contributed by atoms with Crippen LogP contribution in [0.1, 0.15) is 0 Å². The number of furan rings is 1. The van der Waals surface area contributed by atoms with Gasteiger partial charge >= 0.3 is 0 Å². The summed E-state index contributed by atoms with van der Waals surface area (Å²) in [4.78, 5) is 4.65. The minimum absolute atomic E-state index is 0.816. The second-order valence-electron chi connectivity index (χ2n) is 15.7. The molecule has 0 saturated heterocycles. The van der Waals surface area contributed by atoms with Crippen molar-refractivity contribution < 1.29 is 9.15 Å². The van der Waals surface area contributed by atoms with E-state index >= 15 is 0 Å². The van der Waals surface area contributed by atoms with Crippen molar-refractivity contribution in [2.24, 2.45) is 0 Å². The van der Waals surface area contributed by atoms with Crippen molar-refractivity contribution in [2.45, 2.75) is 0 Å². The Bertz CT molecular complexity index is 3330. The molecule has 1 aliphatic heterocycles. The number of benzene rings is 10. The van der Waals surface area contributed by atoms with Crippen LogP contribution in [-0.4, -0.2) is 0 Å². The van der Waals surface area contributed by atoms with Gasteiger partial charge in [-0.25, -0.2) is 0 Å². The largest absolute Gasteiger partial charge is 0.456 e. The van der Waals surface area contributed by atoms with Crippen LogP contribution in [0.5, 0.6) is 11.5 Å². The quantitative estimate of drug-likeness (QED) is 0.153. The Morgan fingerprint density at radius 3 is 1.50 bits per heavy atom. The third-order valence-electron chi connectivity index (χ3n) is 12.1. The van der Waals surface area contributed by atoms with Gasteiger partial charge in [-0.2, -0.15) is 0 Å². The lowest BCUT2D eigenvalue weighted by Gasteiger charge is -2.30. The molecular formula is C58H38N2O2. The van der Waals surface area contributed by atoms with Crippen LogP contribution in [0, 0.1) is 0 Å². The first kappa shape index (κ1) is 35.6. The van der Waals surface area contributed by atoms with Crippen molar-refractivity contribution >= 4 is 66.8 Å². The zero-order valence-electron chi connectivity index (χ0n) is 33.7. The molecule has 0 atom stereocenters. The number of anilines is 6. The van der Waals surface area contributed by atoms with Gasteiger partial charge in [0.25, 0.3) is 0 Å². The smallest absolute Gasteiger partial charge is 0.137 e. The SMILES string of the molecule is c1ccc(-c2ccc(N(c3ccc(-c4ccccc4)cc3)c3ccc4c5c(cccc35)Oc3cc(N(c5ccccc5)c5ccc6oc7ccccc7c6c5)ccc3-4)cc2)cc1. The summed E-state index contributed by atoms with van der Waals surface area (Å²) in [7, 11) is 0. The molecule has 11 aromatic rings. The van der Waals surface area contributed by atoms with Crippen molar-refractivity contribution in [3.8, 4) is 44.9 Å². The molecule has 292 valence electrons. The van der Waals surface area contributed by atoms with Crippen LogP contribution < -0.4 is 14.5 Å². The molecule has 10 aromatic carbocycles. The zero-order valence-corrected chi connectivity index (χ0v) is 33.7. The molecule has 0 N–H and O–H groups in total. The zero-order chi connectivity index (χ0) is 41.0. The Balaban J connectivity index is 0.972. The summed E-state index contributed by atoms with van der Waals surface area (Å²) in [6, 6.07) is 81.5. The van der Waals surface area contributed by atoms with E-state index in [0.29, 0.717) is 0 Å². The maximum atomic E-state index is 6.94. The number of nitrogens with zero attached hydrogens (tertiary/aromatic N) is 2. The predicted molar refractivity (Wildman–Crippen MR) is 257 cm³/mol. The lowest BCUT2D eigenvalue weighted by molar-refractivity contribution is 0.487. The first-order valence-corrected chi connectivity index (χ1v) is 21.0. The molecule has 0 fully saturated rings. The van der Waals surface area contributed by atoms with E-state index < -0.39 is 0 Å². The molecule has 12 rings (SSSR count). The summed E-state index contributed by atoms with van der Waals surface area (Å²) in [6.07, 6.45) is 0. The van der Waals surface area contributed by atoms with E-state index in [-0.39, 0.29) is 0 Å². The molecule has 4 nitrogen and oxygen atoms in total. The minimum atomic E-state index is 0.816. The van der Waals surface area contributed by atoms with E-state index in [1.807, 2.05) is 12.1 Å². The summed E-state index contributed by atoms with van der Waals surface area (Å²) in [5.41, 5.74) is 15.0. The van der Waals surface area contributed by atoms with Crippen molar-refractivity contribution in [1.29, 1.82) is 0 Å². The predicted octanol–water partition coefficient (Wildman–Crippen LogP) is 16.8. The van der Waals surface area contributed by atoms with Crippen molar-refractivity contribution in [3.05, 3.63) is 231 Å². The van der Waals surface area contributed by atoms with Gasteiger partial charge in [-0.3, -0.25) is 0 Å². The van der Waals surface area contributed by atoms with Gasteiger partial charge in [-0.1, -0.05) is 140 Å². The number of hydrogen-bond donors (Lipinski definition) is 0. The molecule has 0 unspecified atom stereocenters. The highest BCUT2D eigenvalue weighted by Gasteiger charge is 2.26. The van der Waals surface area contributed by atoms with Crippen molar-refractivity contribution in [3.63, 3.8) is 0 Å². The Kier molecular flexibility index (Phi) is 8.46. The topological polar surface area (TPSA) is 28.9 Å². The van der Waals surface area contributed by atoms with Gasteiger partial charge in [-0.05, 0) is 113 Å². The Labute approximate surface area is 359 Å². The number of rotatable bonds is 8. The summed E-state index contributed by atoms with van der Waals surface area (Å²) >= 11 is 0. The monoisotopic (exact) mass is 794 g/mol. The van der Waals surface area contributed by atoms with E-state index in [4.69, 9.17) is 9.15 Å². The molecule has 2 heterocycles. The van der Waals surface area contributed by atoms with Gasteiger partial charge in [0, 0.05) is 61.6 Å². The standard InChI is InChI=1S/C58H38N2O2/c1-4-13-39(14-5-1)41-23-27-44(28-24-41)60(45-29-25-42(26-30-45)40-15-6-2-7-16-40)53-35-34-50-49-33-31-47(38-57(49)62-56-22-12-20-51(53)58(50)56)59(43-17-8-3-9-18-43)46-32-36-55-52(37-46)48-19-10-11-21-54(48)61-55/h1-38H. The number of ether oxygens (including phenoxy) is 1. The van der Waals surface area contributed by atoms with E-state index in [0.717, 1.165) is 89.5 Å². The summed E-state index contributed by atoms with van der Waals surface area (Å²) in [6.45, 7) is 0. The maximum Gasteiger partial charge on any atom is 0.137 e. The molecular weight excluding hydrogens is 757 g/mol. The molecule has 62 heavy (non-hydrogen) atoms. The highest BCUT2D eigenvalue weighted by molar-refractivity contribution is 6.11. The van der Waals surface area contributed by atoms with Crippen molar-refractivity contribution in [2.75, 3.05) is 9.80 Å². The maximum absolute atomic E-state index is 6.94. The normalized spacial score (nSPS) is 11.7. The number of fused-ring (bicyclic) bond motifs is 5. The molecule has 4 heteroatoms. The van der Waals surface area contributed by atoms with Gasteiger partial charge < -0.3 is 19.0 Å². The van der Waals surface area contributed by atoms with E-state index in [9.17, 15) is 0 Å². The molecule has 0 radical (unpaired) electrons. The van der Waals surface area contributed by atoms with Crippen LogP contribution in [-0.2, 0) is 0 Å². The van der Waals surface area contributed by atoms with Gasteiger partial charge in [0.1, 0.15) is 22.7 Å². The van der Waals surface area contributed by atoms with Crippen LogP contribution >= 0.6 is 0 Å². The Morgan fingerprint density at radius 1 is 0.290 bits per heavy atom. The second-order valence-corrected chi connectivity index (χ2v) is 15.7. The highest BCUT2D eigenvalue weighted by atomic mass is 16.5. The van der Waals surface area contributed by atoms with Crippen LogP contribution in [0.4, 0.5) is 34.1 Å². The van der Waals surface area contributed by atoms with Crippen LogP contribution in [0.2, 0.25) is 0 Å². The molecule has 0 bridgehead atoms. The molecule has 1 aliphatic rings. The van der Waals surface area contributed by atoms with Crippen LogP contribution in [0.3, 0.4) is 0 Å². The van der Waals surface area contributed by atoms with Gasteiger partial charge in [0.2, 0.25) is 0 Å². The Morgan fingerprint density at radius 2 is 0.806 bits per heavy atom. The minimum Gasteiger partial charge on any atom is -0.456 e. The summed E-state index contributed by atoms with van der Waals surface area (Å²) in [5, 5.41) is 4.38. The third-order valence-corrected chi connectivity index (χ3v) is 12.1. The van der Waals surface area contributed by atoms with Crippen LogP contribution in [0.25, 0.3) is 66.1 Å². The van der Waals surface area contributed by atoms with Gasteiger partial charge in [0.05, 0.1) is 5.69 Å². The lowest BCUT2D eigenvalue weighted by atomic mass is 9.92. The molecule has 0 spiro atoms.